The molecule has 0 fully saturated rings. The molecule has 180 valence electrons. The molecule has 0 saturated carbocycles. The molecule has 0 spiro atoms. The number of allylic oxidation sites excluding steroid dienone is 3. The van der Waals surface area contributed by atoms with Gasteiger partial charge in [0.15, 0.2) is 5.70 Å². The van der Waals surface area contributed by atoms with Crippen LogP contribution in [0.25, 0.3) is 4.85 Å². The van der Waals surface area contributed by atoms with Gasteiger partial charge in [-0.25, -0.2) is 14.0 Å². The van der Waals surface area contributed by atoms with Gasteiger partial charge in [-0.3, -0.25) is 0 Å². The molecular weight excluding hydrogens is 457 g/mol. The number of carbonyl (C=O) groups excluding carboxylic acids is 1. The lowest BCUT2D eigenvalue weighted by atomic mass is 9.81. The molecule has 33 heavy (non-hydrogen) atoms. The van der Waals surface area contributed by atoms with E-state index in [-0.39, 0.29) is 35.2 Å². The van der Waals surface area contributed by atoms with Crippen LogP contribution in [0.5, 0.6) is 0 Å². The van der Waals surface area contributed by atoms with Gasteiger partial charge in [-0.2, -0.15) is 26.3 Å². The number of nitrogens with zero attached hydrogens (tertiary/aromatic N) is 1. The van der Waals surface area contributed by atoms with Crippen LogP contribution in [0, 0.1) is 12.4 Å². The zero-order chi connectivity index (χ0) is 25.0. The normalized spacial score (nSPS) is 17.0. The van der Waals surface area contributed by atoms with Crippen molar-refractivity contribution in [2.75, 3.05) is 6.61 Å². The van der Waals surface area contributed by atoms with E-state index in [1.54, 1.807) is 6.92 Å². The first-order valence-corrected chi connectivity index (χ1v) is 9.99. The van der Waals surface area contributed by atoms with Crippen LogP contribution in [-0.4, -0.2) is 18.8 Å². The van der Waals surface area contributed by atoms with Crippen molar-refractivity contribution in [3.05, 3.63) is 69.2 Å². The molecule has 1 atom stereocenters. The number of carbonyl (C=O) groups is 1. The number of halogens is 7. The third kappa shape index (κ3) is 6.49. The summed E-state index contributed by atoms with van der Waals surface area (Å²) in [6.07, 6.45) is -10.5. The van der Waals surface area contributed by atoms with Gasteiger partial charge in [-0.05, 0) is 37.5 Å². The van der Waals surface area contributed by atoms with E-state index in [0.29, 0.717) is 6.42 Å². The first kappa shape index (κ1) is 26.2. The van der Waals surface area contributed by atoms with Gasteiger partial charge >= 0.3 is 18.3 Å². The molecule has 0 amide bonds. The van der Waals surface area contributed by atoms with E-state index in [0.717, 1.165) is 12.1 Å². The maximum atomic E-state index is 13.7. The summed E-state index contributed by atoms with van der Waals surface area (Å²) >= 11 is 0. The minimum atomic E-state index is -4.99. The molecule has 0 aliphatic carbocycles. The van der Waals surface area contributed by atoms with Gasteiger partial charge in [-0.1, -0.05) is 19.4 Å². The molecule has 4 nitrogen and oxygen atoms in total. The van der Waals surface area contributed by atoms with Crippen LogP contribution >= 0.6 is 0 Å². The molecule has 2 rings (SSSR count). The third-order valence-electron chi connectivity index (χ3n) is 4.92. The molecule has 0 saturated heterocycles. The number of alkyl halides is 6. The van der Waals surface area contributed by atoms with Crippen LogP contribution < -0.4 is 5.32 Å². The van der Waals surface area contributed by atoms with Gasteiger partial charge in [0.2, 0.25) is 0 Å². The number of dihydropyridines is 1. The van der Waals surface area contributed by atoms with E-state index in [9.17, 15) is 35.5 Å². The second-order valence-corrected chi connectivity index (χ2v) is 7.41. The van der Waals surface area contributed by atoms with Gasteiger partial charge in [0.05, 0.1) is 30.2 Å². The summed E-state index contributed by atoms with van der Waals surface area (Å²) in [7, 11) is 0. The Hall–Kier alpha value is -3.03. The average Bonchev–Trinajstić information content (AvgIpc) is 2.69. The Kier molecular flexibility index (Phi) is 8.16. The quantitative estimate of drug-likeness (QED) is 0.207. The maximum absolute atomic E-state index is 13.7. The highest BCUT2D eigenvalue weighted by molar-refractivity contribution is 5.93. The summed E-state index contributed by atoms with van der Waals surface area (Å²) in [6, 6.07) is 1.92. The minimum Gasteiger partial charge on any atom is -0.462 e. The fourth-order valence-electron chi connectivity index (χ4n) is 3.57. The zero-order valence-corrected chi connectivity index (χ0v) is 17.8. The molecule has 1 aromatic carbocycles. The number of hydrogen-bond donors (Lipinski definition) is 1. The van der Waals surface area contributed by atoms with Gasteiger partial charge < -0.3 is 10.1 Å². The SMILES string of the molecule is [C-]#[N+]C1=C(C)NC(CCC)=C(C(=O)OCCCC(F)(F)F)C1c1ccc(F)cc1C(F)(F)F. The predicted molar refractivity (Wildman–Crippen MR) is 105 cm³/mol. The van der Waals surface area contributed by atoms with Crippen molar-refractivity contribution in [2.24, 2.45) is 0 Å². The average molecular weight is 478 g/mol. The Morgan fingerprint density at radius 3 is 2.42 bits per heavy atom. The molecule has 1 heterocycles. The fourth-order valence-corrected chi connectivity index (χ4v) is 3.57. The lowest BCUT2D eigenvalue weighted by Gasteiger charge is -2.31. The number of nitrogens with one attached hydrogen (secondary N) is 1. The van der Waals surface area contributed by atoms with Crippen molar-refractivity contribution in [3.8, 4) is 0 Å². The molecule has 0 aromatic heterocycles. The first-order valence-electron chi connectivity index (χ1n) is 9.99. The number of rotatable bonds is 7. The highest BCUT2D eigenvalue weighted by atomic mass is 19.4. The van der Waals surface area contributed by atoms with Crippen LogP contribution in [0.4, 0.5) is 30.7 Å². The third-order valence-corrected chi connectivity index (χ3v) is 4.92. The minimum absolute atomic E-state index is 0.200. The van der Waals surface area contributed by atoms with Crippen molar-refractivity contribution >= 4 is 5.97 Å². The van der Waals surface area contributed by atoms with E-state index in [4.69, 9.17) is 11.3 Å². The van der Waals surface area contributed by atoms with Crippen LogP contribution in [-0.2, 0) is 15.7 Å². The van der Waals surface area contributed by atoms with Crippen molar-refractivity contribution in [1.82, 2.24) is 5.32 Å². The topological polar surface area (TPSA) is 42.7 Å². The summed E-state index contributed by atoms with van der Waals surface area (Å²) in [5.41, 5.74) is -2.00. The van der Waals surface area contributed by atoms with E-state index < -0.39 is 60.6 Å². The number of esters is 1. The number of hydrogen-bond acceptors (Lipinski definition) is 3. The Balaban J connectivity index is 2.59. The van der Waals surface area contributed by atoms with Crippen molar-refractivity contribution in [2.45, 2.75) is 57.8 Å². The molecule has 1 unspecified atom stereocenters. The fraction of sp³-hybridized carbons (Fsp3) is 0.455. The Morgan fingerprint density at radius 1 is 1.21 bits per heavy atom. The van der Waals surface area contributed by atoms with Crippen LogP contribution in [0.3, 0.4) is 0 Å². The molecule has 0 radical (unpaired) electrons. The summed E-state index contributed by atoms with van der Waals surface area (Å²) in [4.78, 5) is 16.2. The molecule has 11 heteroatoms. The molecule has 0 bridgehead atoms. The van der Waals surface area contributed by atoms with Crippen molar-refractivity contribution in [1.29, 1.82) is 0 Å². The molecule has 1 aliphatic heterocycles. The smallest absolute Gasteiger partial charge is 0.416 e. The van der Waals surface area contributed by atoms with Crippen LogP contribution in [0.2, 0.25) is 0 Å². The highest BCUT2D eigenvalue weighted by Gasteiger charge is 2.42. The zero-order valence-electron chi connectivity index (χ0n) is 17.8. The van der Waals surface area contributed by atoms with Gasteiger partial charge in [0.1, 0.15) is 5.82 Å². The number of benzene rings is 1. The molecular formula is C22H21F7N2O2. The van der Waals surface area contributed by atoms with Gasteiger partial charge in [-0.15, -0.1) is 0 Å². The molecule has 1 aromatic rings. The standard InChI is InChI=1S/C22H21F7N2O2/c1-4-6-16-18(20(32)33-10-5-9-21(24,25)26)17(19(30-3)12(2)31-16)14-8-7-13(23)11-15(14)22(27,28)29/h7-8,11,17,31H,4-6,9-10H2,1-2H3. The summed E-state index contributed by atoms with van der Waals surface area (Å²) < 4.78 is 97.0. The van der Waals surface area contributed by atoms with E-state index in [2.05, 4.69) is 10.2 Å². The predicted octanol–water partition coefficient (Wildman–Crippen LogP) is 6.62. The van der Waals surface area contributed by atoms with Crippen molar-refractivity contribution in [3.63, 3.8) is 0 Å². The largest absolute Gasteiger partial charge is 0.462 e. The van der Waals surface area contributed by atoms with Crippen LogP contribution in [0.15, 0.2) is 40.9 Å². The Morgan fingerprint density at radius 2 is 1.88 bits per heavy atom. The van der Waals surface area contributed by atoms with Crippen molar-refractivity contribution < 1.29 is 40.3 Å². The van der Waals surface area contributed by atoms with E-state index >= 15 is 0 Å². The lowest BCUT2D eigenvalue weighted by Crippen LogP contribution is -2.30. The second-order valence-electron chi connectivity index (χ2n) is 7.41. The van der Waals surface area contributed by atoms with E-state index in [1.807, 2.05) is 0 Å². The Labute approximate surface area is 185 Å². The highest BCUT2D eigenvalue weighted by Crippen LogP contribution is 2.45. The second kappa shape index (κ2) is 10.3. The van der Waals surface area contributed by atoms with Gasteiger partial charge in [0.25, 0.3) is 0 Å². The monoisotopic (exact) mass is 478 g/mol. The molecule has 1 N–H and O–H groups in total. The Bertz CT molecular complexity index is 1000. The van der Waals surface area contributed by atoms with Gasteiger partial charge in [0, 0.05) is 17.8 Å². The number of ether oxygens (including phenoxy) is 1. The molecule has 1 aliphatic rings. The lowest BCUT2D eigenvalue weighted by molar-refractivity contribution is -0.147. The van der Waals surface area contributed by atoms with Crippen LogP contribution in [0.1, 0.15) is 56.6 Å². The van der Waals surface area contributed by atoms with E-state index in [1.165, 1.54) is 6.92 Å². The first-order chi connectivity index (χ1) is 15.3. The summed E-state index contributed by atoms with van der Waals surface area (Å²) in [5.74, 6) is -3.82. The summed E-state index contributed by atoms with van der Waals surface area (Å²) in [6.45, 7) is 10.1. The summed E-state index contributed by atoms with van der Waals surface area (Å²) in [5, 5.41) is 2.84. The maximum Gasteiger partial charge on any atom is 0.416 e.